The van der Waals surface area contributed by atoms with E-state index in [1.54, 1.807) is 0 Å². The third kappa shape index (κ3) is 5.04. The number of benzene rings is 1. The zero-order valence-corrected chi connectivity index (χ0v) is 11.5. The molecule has 2 atom stereocenters. The maximum atomic E-state index is 11.6. The van der Waals surface area contributed by atoms with Gasteiger partial charge in [0, 0.05) is 6.54 Å². The van der Waals surface area contributed by atoms with Crippen molar-refractivity contribution in [1.82, 2.24) is 5.32 Å². The van der Waals surface area contributed by atoms with E-state index in [-0.39, 0.29) is 30.8 Å². The highest BCUT2D eigenvalue weighted by Gasteiger charge is 2.18. The van der Waals surface area contributed by atoms with Crippen LogP contribution in [-0.4, -0.2) is 23.6 Å². The summed E-state index contributed by atoms with van der Waals surface area (Å²) in [6.45, 7) is 3.96. The molecule has 0 aliphatic carbocycles. The van der Waals surface area contributed by atoms with Gasteiger partial charge in [-0.1, -0.05) is 44.2 Å². The fourth-order valence-electron chi connectivity index (χ4n) is 1.41. The fourth-order valence-corrected chi connectivity index (χ4v) is 1.41. The maximum absolute atomic E-state index is 11.6. The molecule has 0 aliphatic heterocycles. The fraction of sp³-hybridized carbons (Fsp3) is 0.462. The lowest BCUT2D eigenvalue weighted by atomic mass is 10.0. The molecule has 1 amide bonds. The number of halogens is 1. The number of carbonyl (C=O) groups is 1. The number of amides is 1. The van der Waals surface area contributed by atoms with Crippen LogP contribution in [0.2, 0.25) is 0 Å². The molecule has 0 radical (unpaired) electrons. The average molecular weight is 273 g/mol. The second-order valence-electron chi connectivity index (χ2n) is 4.44. The van der Waals surface area contributed by atoms with Crippen LogP contribution in [0.5, 0.6) is 0 Å². The summed E-state index contributed by atoms with van der Waals surface area (Å²) in [4.78, 5) is 11.6. The van der Waals surface area contributed by atoms with E-state index in [0.717, 1.165) is 5.56 Å². The van der Waals surface area contributed by atoms with Crippen LogP contribution in [-0.2, 0) is 4.79 Å². The number of rotatable bonds is 5. The van der Waals surface area contributed by atoms with Gasteiger partial charge in [-0.3, -0.25) is 4.79 Å². The van der Waals surface area contributed by atoms with Gasteiger partial charge < -0.3 is 16.2 Å². The van der Waals surface area contributed by atoms with E-state index in [2.05, 4.69) is 5.32 Å². The van der Waals surface area contributed by atoms with Gasteiger partial charge in [0.15, 0.2) is 0 Å². The first-order chi connectivity index (χ1) is 8.02. The van der Waals surface area contributed by atoms with E-state index in [1.165, 1.54) is 0 Å². The summed E-state index contributed by atoms with van der Waals surface area (Å²) in [5.74, 6) is -0.140. The van der Waals surface area contributed by atoms with Crippen molar-refractivity contribution < 1.29 is 9.90 Å². The lowest BCUT2D eigenvalue weighted by molar-refractivity contribution is -0.123. The van der Waals surface area contributed by atoms with Crippen LogP contribution in [0.3, 0.4) is 0 Å². The molecular weight excluding hydrogens is 252 g/mol. The normalized spacial score (nSPS) is 13.6. The Morgan fingerprint density at radius 3 is 2.39 bits per heavy atom. The van der Waals surface area contributed by atoms with Gasteiger partial charge >= 0.3 is 0 Å². The third-order valence-corrected chi connectivity index (χ3v) is 2.67. The average Bonchev–Trinajstić information content (AvgIpc) is 2.35. The molecule has 0 saturated carbocycles. The van der Waals surface area contributed by atoms with E-state index in [1.807, 2.05) is 44.2 Å². The van der Waals surface area contributed by atoms with Gasteiger partial charge in [-0.05, 0) is 11.5 Å². The summed E-state index contributed by atoms with van der Waals surface area (Å²) in [6, 6.07) is 8.68. The molecule has 0 saturated heterocycles. The molecular formula is C13H21ClN2O2. The summed E-state index contributed by atoms with van der Waals surface area (Å²) < 4.78 is 0. The smallest absolute Gasteiger partial charge is 0.237 e. The molecule has 0 heterocycles. The number of aliphatic hydroxyl groups excluding tert-OH is 1. The summed E-state index contributed by atoms with van der Waals surface area (Å²) in [6.07, 6.45) is -0.695. The lowest BCUT2D eigenvalue weighted by Crippen LogP contribution is -2.45. The molecule has 0 spiro atoms. The predicted molar refractivity (Wildman–Crippen MR) is 74.5 cm³/mol. The van der Waals surface area contributed by atoms with Crippen molar-refractivity contribution in [2.75, 3.05) is 6.54 Å². The quantitative estimate of drug-likeness (QED) is 0.755. The zero-order chi connectivity index (χ0) is 12.8. The molecule has 0 bridgehead atoms. The topological polar surface area (TPSA) is 75.4 Å². The molecule has 1 rings (SSSR count). The minimum atomic E-state index is -0.695. The summed E-state index contributed by atoms with van der Waals surface area (Å²) in [5.41, 5.74) is 6.47. The molecule has 4 N–H and O–H groups in total. The number of nitrogens with two attached hydrogens (primary N) is 1. The minimum Gasteiger partial charge on any atom is -0.387 e. The third-order valence-electron chi connectivity index (χ3n) is 2.67. The minimum absolute atomic E-state index is 0. The summed E-state index contributed by atoms with van der Waals surface area (Å²) in [7, 11) is 0. The maximum Gasteiger partial charge on any atom is 0.237 e. The Balaban J connectivity index is 0.00000289. The van der Waals surface area contributed by atoms with Gasteiger partial charge in [0.1, 0.15) is 0 Å². The van der Waals surface area contributed by atoms with Crippen molar-refractivity contribution in [3.8, 4) is 0 Å². The standard InChI is InChI=1S/C13H20N2O2.ClH/c1-9(2)12(14)13(17)15-8-11(16)10-6-4-3-5-7-10;/h3-7,9,11-12,16H,8,14H2,1-2H3,(H,15,17);1H. The first-order valence-corrected chi connectivity index (χ1v) is 5.78. The van der Waals surface area contributed by atoms with Crippen LogP contribution in [0.1, 0.15) is 25.5 Å². The highest BCUT2D eigenvalue weighted by atomic mass is 35.5. The second kappa shape index (κ2) is 8.08. The molecule has 0 fully saturated rings. The summed E-state index contributed by atoms with van der Waals surface area (Å²) >= 11 is 0. The van der Waals surface area contributed by atoms with E-state index in [0.29, 0.717) is 0 Å². The lowest BCUT2D eigenvalue weighted by Gasteiger charge is -2.17. The number of carbonyl (C=O) groups excluding carboxylic acids is 1. The van der Waals surface area contributed by atoms with E-state index in [9.17, 15) is 9.90 Å². The first-order valence-electron chi connectivity index (χ1n) is 5.78. The Labute approximate surface area is 114 Å². The Hall–Kier alpha value is -1.10. The van der Waals surface area contributed by atoms with Gasteiger partial charge in [-0.25, -0.2) is 0 Å². The Morgan fingerprint density at radius 1 is 1.33 bits per heavy atom. The number of aliphatic hydroxyl groups is 1. The van der Waals surface area contributed by atoms with Crippen molar-refractivity contribution in [2.45, 2.75) is 26.0 Å². The Kier molecular flexibility index (Phi) is 7.59. The Morgan fingerprint density at radius 2 is 1.89 bits per heavy atom. The Bertz CT molecular complexity index is 357. The van der Waals surface area contributed by atoms with Crippen LogP contribution in [0.25, 0.3) is 0 Å². The second-order valence-corrected chi connectivity index (χ2v) is 4.44. The number of nitrogens with one attached hydrogen (secondary N) is 1. The molecule has 5 heteroatoms. The van der Waals surface area contributed by atoms with Crippen molar-refractivity contribution in [2.24, 2.45) is 11.7 Å². The highest BCUT2D eigenvalue weighted by molar-refractivity contribution is 5.85. The van der Waals surface area contributed by atoms with Crippen molar-refractivity contribution in [3.05, 3.63) is 35.9 Å². The first kappa shape index (κ1) is 16.9. The molecule has 0 aliphatic rings. The van der Waals surface area contributed by atoms with Crippen LogP contribution in [0, 0.1) is 5.92 Å². The van der Waals surface area contributed by atoms with Crippen molar-refractivity contribution >= 4 is 18.3 Å². The van der Waals surface area contributed by atoms with Gasteiger partial charge in [-0.15, -0.1) is 12.4 Å². The van der Waals surface area contributed by atoms with Crippen molar-refractivity contribution in [3.63, 3.8) is 0 Å². The molecule has 4 nitrogen and oxygen atoms in total. The van der Waals surface area contributed by atoms with E-state index >= 15 is 0 Å². The SMILES string of the molecule is CC(C)C(N)C(=O)NCC(O)c1ccccc1.Cl. The highest BCUT2D eigenvalue weighted by Crippen LogP contribution is 2.10. The van der Waals surface area contributed by atoms with Crippen LogP contribution < -0.4 is 11.1 Å². The molecule has 0 aromatic heterocycles. The largest absolute Gasteiger partial charge is 0.387 e. The van der Waals surface area contributed by atoms with Gasteiger partial charge in [0.05, 0.1) is 12.1 Å². The van der Waals surface area contributed by atoms with E-state index in [4.69, 9.17) is 5.73 Å². The zero-order valence-electron chi connectivity index (χ0n) is 10.7. The van der Waals surface area contributed by atoms with Crippen LogP contribution in [0.15, 0.2) is 30.3 Å². The molecule has 102 valence electrons. The summed E-state index contributed by atoms with van der Waals surface area (Å²) in [5, 5.41) is 12.5. The van der Waals surface area contributed by atoms with Gasteiger partial charge in [-0.2, -0.15) is 0 Å². The van der Waals surface area contributed by atoms with Crippen molar-refractivity contribution in [1.29, 1.82) is 0 Å². The van der Waals surface area contributed by atoms with Crippen LogP contribution in [0.4, 0.5) is 0 Å². The van der Waals surface area contributed by atoms with E-state index < -0.39 is 12.1 Å². The monoisotopic (exact) mass is 272 g/mol. The molecule has 1 aromatic carbocycles. The van der Waals surface area contributed by atoms with Gasteiger partial charge in [0.25, 0.3) is 0 Å². The number of hydrogen-bond donors (Lipinski definition) is 3. The van der Waals surface area contributed by atoms with Crippen LogP contribution >= 0.6 is 12.4 Å². The molecule has 1 aromatic rings. The molecule has 18 heavy (non-hydrogen) atoms. The molecule has 2 unspecified atom stereocenters. The van der Waals surface area contributed by atoms with Gasteiger partial charge in [0.2, 0.25) is 5.91 Å². The predicted octanol–water partition coefficient (Wildman–Crippen LogP) is 1.24. The number of hydrogen-bond acceptors (Lipinski definition) is 3.